The maximum absolute atomic E-state index is 14.4. The van der Waals surface area contributed by atoms with Crippen LogP contribution in [0.5, 0.6) is 11.5 Å². The van der Waals surface area contributed by atoms with Crippen molar-refractivity contribution in [3.05, 3.63) is 53.7 Å². The zero-order chi connectivity index (χ0) is 25.4. The largest absolute Gasteiger partial charge is 0.492 e. The van der Waals surface area contributed by atoms with E-state index in [-0.39, 0.29) is 17.7 Å². The lowest BCUT2D eigenvalue weighted by molar-refractivity contribution is 0.0150. The van der Waals surface area contributed by atoms with Gasteiger partial charge in [-0.05, 0) is 31.5 Å². The summed E-state index contributed by atoms with van der Waals surface area (Å²) in [5, 5.41) is 15.4. The van der Waals surface area contributed by atoms with Crippen molar-refractivity contribution in [1.82, 2.24) is 20.2 Å². The van der Waals surface area contributed by atoms with Crippen LogP contribution < -0.4 is 20.1 Å². The van der Waals surface area contributed by atoms with Gasteiger partial charge in [-0.1, -0.05) is 6.07 Å². The number of benzene rings is 1. The number of pyridine rings is 1. The fraction of sp³-hybridized carbons (Fsp3) is 0.320. The van der Waals surface area contributed by atoms with Gasteiger partial charge < -0.3 is 35.1 Å². The highest BCUT2D eigenvalue weighted by molar-refractivity contribution is 6.06. The fourth-order valence-electron chi connectivity index (χ4n) is 4.75. The van der Waals surface area contributed by atoms with Crippen molar-refractivity contribution in [2.45, 2.75) is 31.9 Å². The predicted octanol–water partition coefficient (Wildman–Crippen LogP) is 3.77. The second-order valence-corrected chi connectivity index (χ2v) is 8.71. The van der Waals surface area contributed by atoms with Crippen molar-refractivity contribution in [2.24, 2.45) is 0 Å². The first-order valence-electron chi connectivity index (χ1n) is 11.6. The number of aromatic nitrogens is 2. The summed E-state index contributed by atoms with van der Waals surface area (Å²) in [4.78, 5) is 33.2. The van der Waals surface area contributed by atoms with Crippen LogP contribution in [0.1, 0.15) is 29.4 Å². The topological polar surface area (TPSA) is 129 Å². The van der Waals surface area contributed by atoms with E-state index in [1.807, 2.05) is 6.92 Å². The first-order valence-corrected chi connectivity index (χ1v) is 11.6. The summed E-state index contributed by atoms with van der Waals surface area (Å²) in [5.41, 5.74) is 3.16. The Balaban J connectivity index is 1.57. The van der Waals surface area contributed by atoms with Crippen molar-refractivity contribution < 1.29 is 28.6 Å². The van der Waals surface area contributed by atoms with Gasteiger partial charge >= 0.3 is 6.09 Å². The minimum Gasteiger partial charge on any atom is -0.492 e. The second-order valence-electron chi connectivity index (χ2n) is 8.71. The van der Waals surface area contributed by atoms with Crippen LogP contribution >= 0.6 is 0 Å². The van der Waals surface area contributed by atoms with Gasteiger partial charge in [0.2, 0.25) is 0 Å². The van der Waals surface area contributed by atoms with Crippen LogP contribution in [0.15, 0.2) is 36.7 Å². The molecule has 0 saturated carbocycles. The molecule has 2 atom stereocenters. The van der Waals surface area contributed by atoms with E-state index < -0.39 is 18.0 Å². The van der Waals surface area contributed by atoms with E-state index in [0.29, 0.717) is 59.9 Å². The van der Waals surface area contributed by atoms with E-state index in [2.05, 4.69) is 20.6 Å². The zero-order valence-corrected chi connectivity index (χ0v) is 19.8. The Hall–Kier alpha value is -4.28. The molecule has 4 N–H and O–H groups in total. The normalized spacial score (nSPS) is 17.5. The van der Waals surface area contributed by atoms with E-state index in [9.17, 15) is 19.1 Å². The Bertz CT molecular complexity index is 1330. The van der Waals surface area contributed by atoms with Gasteiger partial charge in [0, 0.05) is 37.0 Å². The highest BCUT2D eigenvalue weighted by Crippen LogP contribution is 2.42. The molecule has 11 heteroatoms. The van der Waals surface area contributed by atoms with E-state index in [1.54, 1.807) is 30.6 Å². The number of carboxylic acid groups (broad SMARTS) is 1. The molecule has 0 aliphatic carbocycles. The molecule has 2 amide bonds. The molecule has 0 unspecified atom stereocenters. The first-order chi connectivity index (χ1) is 17.4. The van der Waals surface area contributed by atoms with Crippen molar-refractivity contribution in [1.29, 1.82) is 0 Å². The molecular formula is C25H26FN5O5. The number of ether oxygens (including phenoxy) is 2. The van der Waals surface area contributed by atoms with Crippen molar-refractivity contribution >= 4 is 23.4 Å². The summed E-state index contributed by atoms with van der Waals surface area (Å²) in [6, 6.07) is 5.98. The number of fused-ring (bicyclic) bond motifs is 1. The second kappa shape index (κ2) is 9.40. The number of anilines is 2. The first kappa shape index (κ1) is 23.5. The van der Waals surface area contributed by atoms with Gasteiger partial charge in [-0.25, -0.2) is 9.18 Å². The molecule has 2 aromatic heterocycles. The third-order valence-electron chi connectivity index (χ3n) is 6.62. The van der Waals surface area contributed by atoms with E-state index in [1.165, 1.54) is 18.1 Å². The van der Waals surface area contributed by atoms with Crippen LogP contribution in [0.2, 0.25) is 0 Å². The molecule has 0 spiro atoms. The van der Waals surface area contributed by atoms with Gasteiger partial charge in [-0.15, -0.1) is 0 Å². The number of methoxy groups -OCH3 is 1. The number of halogens is 1. The molecule has 3 aromatic rings. The van der Waals surface area contributed by atoms with Gasteiger partial charge in [0.25, 0.3) is 5.91 Å². The standard InChI is InChI=1S/C25H26FN5O5/c1-13(18-8-11-31(18)25(33)34)36-19-12-27-9-6-14(19)21-22(20-16(29-21)7-10-28-24(20)32)30-17-5-3-4-15(26)23(17)35-2/h3-6,9,12-13,18,29-30H,7-8,10-11H2,1-2H3,(H,28,32)(H,33,34)/t13-,18+/m0/s1. The summed E-state index contributed by atoms with van der Waals surface area (Å²) in [6.45, 7) is 2.77. The summed E-state index contributed by atoms with van der Waals surface area (Å²) in [5.74, 6) is -0.347. The Morgan fingerprint density at radius 2 is 2.19 bits per heavy atom. The molecule has 0 bridgehead atoms. The van der Waals surface area contributed by atoms with Crippen molar-refractivity contribution in [3.8, 4) is 22.8 Å². The lowest BCUT2D eigenvalue weighted by Gasteiger charge is -2.42. The average Bonchev–Trinajstić information content (AvgIpc) is 3.18. The van der Waals surface area contributed by atoms with Gasteiger partial charge in [0.05, 0.1) is 42.0 Å². The Kier molecular flexibility index (Phi) is 6.13. The number of hydrogen-bond donors (Lipinski definition) is 4. The zero-order valence-electron chi connectivity index (χ0n) is 19.8. The third kappa shape index (κ3) is 4.06. The van der Waals surface area contributed by atoms with Crippen LogP contribution in [0.25, 0.3) is 11.3 Å². The van der Waals surface area contributed by atoms with Crippen LogP contribution in [0.3, 0.4) is 0 Å². The SMILES string of the molecule is COc1c(F)cccc1Nc1c(-c2ccncc2O[C@@H](C)[C@H]2CCN2C(=O)O)[nH]c2c1C(=O)NCC2. The summed E-state index contributed by atoms with van der Waals surface area (Å²) >= 11 is 0. The number of nitrogens with zero attached hydrogens (tertiary/aromatic N) is 2. The van der Waals surface area contributed by atoms with Crippen LogP contribution in [0, 0.1) is 5.82 Å². The minimum absolute atomic E-state index is 0.0215. The number of amides is 2. The minimum atomic E-state index is -0.980. The number of nitrogens with one attached hydrogen (secondary N) is 3. The summed E-state index contributed by atoms with van der Waals surface area (Å²) in [6.07, 6.45) is 3.04. The van der Waals surface area contributed by atoms with E-state index >= 15 is 0 Å². The monoisotopic (exact) mass is 495 g/mol. The summed E-state index contributed by atoms with van der Waals surface area (Å²) < 4.78 is 25.9. The molecule has 1 aromatic carbocycles. The lowest BCUT2D eigenvalue weighted by atomic mass is 9.98. The number of aromatic amines is 1. The molecule has 1 saturated heterocycles. The fourth-order valence-corrected chi connectivity index (χ4v) is 4.75. The molecule has 188 valence electrons. The molecule has 4 heterocycles. The molecule has 2 aliphatic rings. The average molecular weight is 496 g/mol. The number of likely N-dealkylation sites (tertiary alicyclic amines) is 1. The highest BCUT2D eigenvalue weighted by atomic mass is 19.1. The molecule has 0 radical (unpaired) electrons. The molecule has 5 rings (SSSR count). The molecular weight excluding hydrogens is 469 g/mol. The van der Waals surface area contributed by atoms with Crippen LogP contribution in [0.4, 0.5) is 20.6 Å². The van der Waals surface area contributed by atoms with Crippen molar-refractivity contribution in [2.75, 3.05) is 25.5 Å². The number of carbonyl (C=O) groups excluding carboxylic acids is 1. The number of rotatable bonds is 7. The Morgan fingerprint density at radius 3 is 2.92 bits per heavy atom. The Morgan fingerprint density at radius 1 is 1.36 bits per heavy atom. The maximum atomic E-state index is 14.4. The van der Waals surface area contributed by atoms with Crippen molar-refractivity contribution in [3.63, 3.8) is 0 Å². The number of para-hydroxylation sites is 1. The quantitative estimate of drug-likeness (QED) is 0.393. The molecule has 10 nitrogen and oxygen atoms in total. The predicted molar refractivity (Wildman–Crippen MR) is 130 cm³/mol. The van der Waals surface area contributed by atoms with Crippen LogP contribution in [-0.2, 0) is 6.42 Å². The molecule has 36 heavy (non-hydrogen) atoms. The Labute approximate surface area is 206 Å². The third-order valence-corrected chi connectivity index (χ3v) is 6.62. The summed E-state index contributed by atoms with van der Waals surface area (Å²) in [7, 11) is 1.38. The lowest BCUT2D eigenvalue weighted by Crippen LogP contribution is -2.56. The number of carbonyl (C=O) groups is 2. The van der Waals surface area contributed by atoms with Crippen LogP contribution in [-0.4, -0.2) is 64.3 Å². The van der Waals surface area contributed by atoms with Gasteiger partial charge in [0.15, 0.2) is 11.6 Å². The number of hydrogen-bond acceptors (Lipinski definition) is 6. The van der Waals surface area contributed by atoms with Gasteiger partial charge in [0.1, 0.15) is 11.9 Å². The molecule has 1 fully saturated rings. The highest BCUT2D eigenvalue weighted by Gasteiger charge is 2.38. The van der Waals surface area contributed by atoms with E-state index in [0.717, 1.165) is 5.69 Å². The van der Waals surface area contributed by atoms with Gasteiger partial charge in [-0.2, -0.15) is 0 Å². The van der Waals surface area contributed by atoms with Gasteiger partial charge in [-0.3, -0.25) is 9.78 Å². The molecule has 2 aliphatic heterocycles. The maximum Gasteiger partial charge on any atom is 0.407 e. The number of H-pyrrole nitrogens is 1. The van der Waals surface area contributed by atoms with E-state index in [4.69, 9.17) is 9.47 Å². The smallest absolute Gasteiger partial charge is 0.407 e.